The van der Waals surface area contributed by atoms with Gasteiger partial charge in [0.1, 0.15) is 11.6 Å². The predicted molar refractivity (Wildman–Crippen MR) is 77.3 cm³/mol. The molecule has 0 aliphatic carbocycles. The molecule has 0 unspecified atom stereocenters. The number of aromatic nitrogens is 2. The summed E-state index contributed by atoms with van der Waals surface area (Å²) >= 11 is 0. The fourth-order valence-electron chi connectivity index (χ4n) is 2.14. The lowest BCUT2D eigenvalue weighted by Crippen LogP contribution is -2.20. The van der Waals surface area contributed by atoms with Gasteiger partial charge in [-0.1, -0.05) is 6.07 Å². The third kappa shape index (κ3) is 3.41. The Hall–Kier alpha value is -1.68. The molecule has 0 saturated carbocycles. The van der Waals surface area contributed by atoms with E-state index in [9.17, 15) is 4.79 Å². The predicted octanol–water partition coefficient (Wildman–Crippen LogP) is 1.99. The lowest BCUT2D eigenvalue weighted by atomic mass is 10.1. The van der Waals surface area contributed by atoms with Crippen LogP contribution in [0.15, 0.2) is 18.2 Å². The molecule has 0 amide bonds. The molecule has 1 aromatic heterocycles. The van der Waals surface area contributed by atoms with E-state index in [1.807, 2.05) is 14.0 Å². The average molecular weight is 259 g/mol. The largest absolute Gasteiger partial charge is 0.331 e. The Morgan fingerprint density at radius 2 is 2.16 bits per heavy atom. The van der Waals surface area contributed by atoms with Gasteiger partial charge in [-0.15, -0.1) is 0 Å². The summed E-state index contributed by atoms with van der Waals surface area (Å²) < 4.78 is 2.10. The van der Waals surface area contributed by atoms with Crippen molar-refractivity contribution in [2.24, 2.45) is 7.05 Å². The second-order valence-corrected chi connectivity index (χ2v) is 4.99. The van der Waals surface area contributed by atoms with Crippen LogP contribution >= 0.6 is 0 Å². The number of aryl methyl sites for hydroxylation is 2. The van der Waals surface area contributed by atoms with Crippen molar-refractivity contribution in [1.29, 1.82) is 0 Å². The average Bonchev–Trinajstić information content (AvgIpc) is 2.64. The molecule has 0 spiro atoms. The van der Waals surface area contributed by atoms with E-state index in [0.29, 0.717) is 6.42 Å². The van der Waals surface area contributed by atoms with Crippen LogP contribution < -0.4 is 5.32 Å². The molecule has 19 heavy (non-hydrogen) atoms. The third-order valence-electron chi connectivity index (χ3n) is 3.41. The highest BCUT2D eigenvalue weighted by Crippen LogP contribution is 2.16. The number of imidazole rings is 1. The minimum atomic E-state index is 0.234. The summed E-state index contributed by atoms with van der Waals surface area (Å²) in [5.74, 6) is 1.27. The second-order valence-electron chi connectivity index (χ2n) is 4.99. The van der Waals surface area contributed by atoms with Gasteiger partial charge >= 0.3 is 0 Å². The van der Waals surface area contributed by atoms with Gasteiger partial charge in [0.25, 0.3) is 0 Å². The molecule has 1 heterocycles. The van der Waals surface area contributed by atoms with Gasteiger partial charge in [0.05, 0.1) is 11.0 Å². The van der Waals surface area contributed by atoms with Gasteiger partial charge in [-0.2, -0.15) is 0 Å². The zero-order chi connectivity index (χ0) is 13.8. The van der Waals surface area contributed by atoms with Crippen LogP contribution in [0.5, 0.6) is 0 Å². The van der Waals surface area contributed by atoms with Crippen LogP contribution in [-0.2, 0) is 18.3 Å². The van der Waals surface area contributed by atoms with Crippen LogP contribution in [0.2, 0.25) is 0 Å². The molecule has 0 aliphatic heterocycles. The fourth-order valence-corrected chi connectivity index (χ4v) is 2.14. The molecule has 0 radical (unpaired) electrons. The first-order valence-electron chi connectivity index (χ1n) is 6.70. The third-order valence-corrected chi connectivity index (χ3v) is 3.41. The summed E-state index contributed by atoms with van der Waals surface area (Å²) in [6, 6.07) is 6.42. The fraction of sp³-hybridized carbons (Fsp3) is 0.467. The molecular formula is C15H21N3O. The highest BCUT2D eigenvalue weighted by molar-refractivity contribution is 5.77. The van der Waals surface area contributed by atoms with Gasteiger partial charge in [0.2, 0.25) is 0 Å². The van der Waals surface area contributed by atoms with Crippen LogP contribution in [0, 0.1) is 6.92 Å². The van der Waals surface area contributed by atoms with Gasteiger partial charge in [0, 0.05) is 20.0 Å². The Morgan fingerprint density at radius 1 is 1.37 bits per heavy atom. The molecule has 102 valence electrons. The quantitative estimate of drug-likeness (QED) is 0.807. The van der Waals surface area contributed by atoms with E-state index in [1.165, 1.54) is 11.1 Å². The number of benzene rings is 1. The number of fused-ring (bicyclic) bond motifs is 1. The maximum Gasteiger partial charge on any atom is 0.131 e. The van der Waals surface area contributed by atoms with Crippen molar-refractivity contribution in [2.75, 3.05) is 13.1 Å². The Balaban J connectivity index is 1.92. The number of Topliss-reactive ketones (excluding diaryl/α,β-unsaturated/α-hetero) is 1. The smallest absolute Gasteiger partial charge is 0.131 e. The van der Waals surface area contributed by atoms with Crippen LogP contribution in [0.4, 0.5) is 0 Å². The molecule has 4 nitrogen and oxygen atoms in total. The van der Waals surface area contributed by atoms with Gasteiger partial charge in [-0.25, -0.2) is 4.98 Å². The van der Waals surface area contributed by atoms with Crippen molar-refractivity contribution < 1.29 is 4.79 Å². The molecule has 1 N–H and O–H groups in total. The Bertz CT molecular complexity index is 586. The van der Waals surface area contributed by atoms with Crippen LogP contribution in [0.1, 0.15) is 24.7 Å². The zero-order valence-electron chi connectivity index (χ0n) is 11.9. The lowest BCUT2D eigenvalue weighted by Gasteiger charge is -2.04. The van der Waals surface area contributed by atoms with Crippen molar-refractivity contribution >= 4 is 16.8 Å². The van der Waals surface area contributed by atoms with Crippen LogP contribution in [-0.4, -0.2) is 28.4 Å². The Kier molecular flexibility index (Phi) is 4.32. The standard InChI is InChI=1S/C15H21N3O/c1-11(19)6-8-16-9-7-13-4-5-15-14(10-13)17-12(2)18(15)3/h4-5,10,16H,6-9H2,1-3H3. The molecule has 2 rings (SSSR count). The van der Waals surface area contributed by atoms with E-state index in [-0.39, 0.29) is 5.78 Å². The molecule has 0 atom stereocenters. The van der Waals surface area contributed by atoms with E-state index in [1.54, 1.807) is 6.92 Å². The number of hydrogen-bond donors (Lipinski definition) is 1. The van der Waals surface area contributed by atoms with Crippen LogP contribution in [0.25, 0.3) is 11.0 Å². The summed E-state index contributed by atoms with van der Waals surface area (Å²) in [4.78, 5) is 15.3. The highest BCUT2D eigenvalue weighted by Gasteiger charge is 2.04. The Labute approximate surface area is 113 Å². The number of nitrogens with zero attached hydrogens (tertiary/aromatic N) is 2. The molecule has 0 bridgehead atoms. The maximum absolute atomic E-state index is 10.8. The molecule has 0 aliphatic rings. The number of rotatable bonds is 6. The van der Waals surface area contributed by atoms with Crippen molar-refractivity contribution in [3.63, 3.8) is 0 Å². The normalized spacial score (nSPS) is 11.1. The first kappa shape index (κ1) is 13.7. The number of nitrogens with one attached hydrogen (secondary N) is 1. The molecule has 1 aromatic carbocycles. The van der Waals surface area contributed by atoms with E-state index < -0.39 is 0 Å². The van der Waals surface area contributed by atoms with E-state index in [2.05, 4.69) is 33.1 Å². The number of carbonyl (C=O) groups is 1. The van der Waals surface area contributed by atoms with Gasteiger partial charge in [-0.05, 0) is 44.5 Å². The summed E-state index contributed by atoms with van der Waals surface area (Å²) in [7, 11) is 2.04. The highest BCUT2D eigenvalue weighted by atomic mass is 16.1. The summed E-state index contributed by atoms with van der Waals surface area (Å²) in [6.45, 7) is 5.30. The second kappa shape index (κ2) is 5.97. The Morgan fingerprint density at radius 3 is 2.89 bits per heavy atom. The van der Waals surface area contributed by atoms with Crippen molar-refractivity contribution in [1.82, 2.24) is 14.9 Å². The van der Waals surface area contributed by atoms with E-state index in [4.69, 9.17) is 0 Å². The number of hydrogen-bond acceptors (Lipinski definition) is 3. The van der Waals surface area contributed by atoms with Crippen molar-refractivity contribution in [2.45, 2.75) is 26.7 Å². The van der Waals surface area contributed by atoms with Crippen LogP contribution in [0.3, 0.4) is 0 Å². The molecule has 0 saturated heterocycles. The number of carbonyl (C=O) groups excluding carboxylic acids is 1. The molecule has 4 heteroatoms. The number of ketones is 1. The summed E-state index contributed by atoms with van der Waals surface area (Å²) in [5, 5.41) is 3.28. The van der Waals surface area contributed by atoms with Crippen molar-refractivity contribution in [3.8, 4) is 0 Å². The SMILES string of the molecule is CC(=O)CCNCCc1ccc2c(c1)nc(C)n2C. The van der Waals surface area contributed by atoms with Gasteiger partial charge in [-0.3, -0.25) is 4.79 Å². The maximum atomic E-state index is 10.8. The summed E-state index contributed by atoms with van der Waals surface area (Å²) in [5.41, 5.74) is 3.51. The topological polar surface area (TPSA) is 46.9 Å². The molecular weight excluding hydrogens is 238 g/mol. The molecule has 0 fully saturated rings. The van der Waals surface area contributed by atoms with Crippen molar-refractivity contribution in [3.05, 3.63) is 29.6 Å². The van der Waals surface area contributed by atoms with Gasteiger partial charge < -0.3 is 9.88 Å². The minimum absolute atomic E-state index is 0.234. The monoisotopic (exact) mass is 259 g/mol. The first-order chi connectivity index (χ1) is 9.08. The summed E-state index contributed by atoms with van der Waals surface area (Å²) in [6.07, 6.45) is 1.57. The van der Waals surface area contributed by atoms with E-state index >= 15 is 0 Å². The lowest BCUT2D eigenvalue weighted by molar-refractivity contribution is -0.116. The first-order valence-corrected chi connectivity index (χ1v) is 6.70. The zero-order valence-corrected chi connectivity index (χ0v) is 11.9. The van der Waals surface area contributed by atoms with Gasteiger partial charge in [0.15, 0.2) is 0 Å². The minimum Gasteiger partial charge on any atom is -0.331 e. The van der Waals surface area contributed by atoms with E-state index in [0.717, 1.165) is 30.9 Å². The molecule has 2 aromatic rings.